The number of benzene rings is 1. The minimum atomic E-state index is 0.0577. The molecule has 0 unspecified atom stereocenters. The molecule has 0 aliphatic heterocycles. The van der Waals surface area contributed by atoms with Crippen LogP contribution in [0.3, 0.4) is 0 Å². The topological polar surface area (TPSA) is 12.5 Å². The number of ether oxygens (including phenoxy) is 1. The standard InChI is InChI=1S/C17H27NO/c1-18(2)15-19-17(12-8-3-4-9-13-17)14-16-10-6-5-7-11-16/h5-7,10-11H,3-4,8-9,12-15H2,1-2H3. The molecule has 0 saturated heterocycles. The van der Waals surface area contributed by atoms with Gasteiger partial charge in [-0.15, -0.1) is 0 Å². The van der Waals surface area contributed by atoms with Gasteiger partial charge in [-0.05, 0) is 32.5 Å². The van der Waals surface area contributed by atoms with E-state index in [0.29, 0.717) is 0 Å². The van der Waals surface area contributed by atoms with E-state index >= 15 is 0 Å². The lowest BCUT2D eigenvalue weighted by Gasteiger charge is -2.34. The van der Waals surface area contributed by atoms with Crippen LogP contribution in [0.25, 0.3) is 0 Å². The van der Waals surface area contributed by atoms with Gasteiger partial charge in [0.15, 0.2) is 0 Å². The highest BCUT2D eigenvalue weighted by Crippen LogP contribution is 2.33. The maximum atomic E-state index is 6.34. The van der Waals surface area contributed by atoms with Crippen molar-refractivity contribution in [1.29, 1.82) is 0 Å². The molecule has 0 heterocycles. The van der Waals surface area contributed by atoms with Crippen molar-refractivity contribution in [2.45, 2.75) is 50.5 Å². The lowest BCUT2D eigenvalue weighted by atomic mass is 9.87. The molecule has 0 aromatic heterocycles. The molecule has 19 heavy (non-hydrogen) atoms. The molecule has 1 saturated carbocycles. The molecule has 1 fully saturated rings. The summed E-state index contributed by atoms with van der Waals surface area (Å²) in [5.74, 6) is 0. The van der Waals surface area contributed by atoms with Crippen LogP contribution in [0.15, 0.2) is 30.3 Å². The highest BCUT2D eigenvalue weighted by molar-refractivity contribution is 5.17. The molecule has 1 aliphatic rings. The lowest BCUT2D eigenvalue weighted by molar-refractivity contribution is -0.0916. The Balaban J connectivity index is 2.08. The zero-order valence-corrected chi connectivity index (χ0v) is 12.4. The molecule has 1 aromatic carbocycles. The van der Waals surface area contributed by atoms with Gasteiger partial charge in [-0.3, -0.25) is 4.90 Å². The molecular formula is C17H27NO. The van der Waals surface area contributed by atoms with Crippen LogP contribution in [0.2, 0.25) is 0 Å². The van der Waals surface area contributed by atoms with E-state index in [-0.39, 0.29) is 5.60 Å². The van der Waals surface area contributed by atoms with Crippen molar-refractivity contribution in [1.82, 2.24) is 4.90 Å². The molecule has 0 amide bonds. The highest BCUT2D eigenvalue weighted by atomic mass is 16.5. The summed E-state index contributed by atoms with van der Waals surface area (Å²) in [6.45, 7) is 0.729. The summed E-state index contributed by atoms with van der Waals surface area (Å²) >= 11 is 0. The summed E-state index contributed by atoms with van der Waals surface area (Å²) < 4.78 is 6.34. The van der Waals surface area contributed by atoms with Gasteiger partial charge in [0.2, 0.25) is 0 Å². The van der Waals surface area contributed by atoms with Gasteiger partial charge < -0.3 is 4.74 Å². The monoisotopic (exact) mass is 261 g/mol. The third-order valence-corrected chi connectivity index (χ3v) is 4.01. The quantitative estimate of drug-likeness (QED) is 0.589. The summed E-state index contributed by atoms with van der Waals surface area (Å²) in [4.78, 5) is 2.12. The van der Waals surface area contributed by atoms with Gasteiger partial charge >= 0.3 is 0 Å². The van der Waals surface area contributed by atoms with Crippen LogP contribution < -0.4 is 0 Å². The molecule has 0 radical (unpaired) electrons. The van der Waals surface area contributed by atoms with E-state index in [1.54, 1.807) is 0 Å². The first-order valence-corrected chi connectivity index (χ1v) is 7.53. The van der Waals surface area contributed by atoms with Crippen molar-refractivity contribution < 1.29 is 4.74 Å². The van der Waals surface area contributed by atoms with Gasteiger partial charge in [0.1, 0.15) is 0 Å². The normalized spacial score (nSPS) is 19.3. The van der Waals surface area contributed by atoms with Crippen LogP contribution in [0.5, 0.6) is 0 Å². The van der Waals surface area contributed by atoms with E-state index in [1.165, 1.54) is 44.1 Å². The Morgan fingerprint density at radius 1 is 1.00 bits per heavy atom. The van der Waals surface area contributed by atoms with Gasteiger partial charge in [-0.1, -0.05) is 56.0 Å². The molecule has 0 N–H and O–H groups in total. The molecule has 0 bridgehead atoms. The number of rotatable bonds is 5. The Labute approximate surface area is 117 Å². The van der Waals surface area contributed by atoms with Crippen molar-refractivity contribution >= 4 is 0 Å². The fourth-order valence-electron chi connectivity index (χ4n) is 2.98. The SMILES string of the molecule is CN(C)COC1(Cc2ccccc2)CCCCCC1. The molecule has 2 heteroatoms. The predicted octanol–water partition coefficient (Wildman–Crippen LogP) is 3.86. The van der Waals surface area contributed by atoms with Crippen LogP contribution >= 0.6 is 0 Å². The highest BCUT2D eigenvalue weighted by Gasteiger charge is 2.32. The minimum absolute atomic E-state index is 0.0577. The van der Waals surface area contributed by atoms with Gasteiger partial charge in [0.25, 0.3) is 0 Å². The summed E-state index contributed by atoms with van der Waals surface area (Å²) in [7, 11) is 4.15. The fraction of sp³-hybridized carbons (Fsp3) is 0.647. The largest absolute Gasteiger partial charge is 0.359 e. The lowest BCUT2D eigenvalue weighted by Crippen LogP contribution is -2.38. The molecule has 2 nitrogen and oxygen atoms in total. The maximum Gasteiger partial charge on any atom is 0.0993 e. The summed E-state index contributed by atoms with van der Waals surface area (Å²) in [6.07, 6.45) is 8.80. The van der Waals surface area contributed by atoms with Gasteiger partial charge in [0, 0.05) is 6.42 Å². The first-order chi connectivity index (χ1) is 9.20. The number of nitrogens with zero attached hydrogens (tertiary/aromatic N) is 1. The third-order valence-electron chi connectivity index (χ3n) is 4.01. The molecule has 0 atom stereocenters. The zero-order valence-electron chi connectivity index (χ0n) is 12.4. The Morgan fingerprint density at radius 3 is 2.21 bits per heavy atom. The van der Waals surface area contributed by atoms with Crippen molar-refractivity contribution in [3.63, 3.8) is 0 Å². The van der Waals surface area contributed by atoms with E-state index in [9.17, 15) is 0 Å². The van der Waals surface area contributed by atoms with Crippen LogP contribution in [0.1, 0.15) is 44.1 Å². The zero-order chi connectivity index (χ0) is 13.6. The summed E-state index contributed by atoms with van der Waals surface area (Å²) in [6, 6.07) is 10.8. The van der Waals surface area contributed by atoms with E-state index in [0.717, 1.165) is 13.2 Å². The second-order valence-corrected chi connectivity index (χ2v) is 6.11. The maximum absolute atomic E-state index is 6.34. The molecule has 1 aliphatic carbocycles. The Kier molecular flexibility index (Phi) is 5.41. The fourth-order valence-corrected chi connectivity index (χ4v) is 2.98. The third kappa shape index (κ3) is 4.63. The van der Waals surface area contributed by atoms with Gasteiger partial charge in [-0.25, -0.2) is 0 Å². The first kappa shape index (κ1) is 14.5. The van der Waals surface area contributed by atoms with Crippen LogP contribution in [-0.2, 0) is 11.2 Å². The second-order valence-electron chi connectivity index (χ2n) is 6.11. The first-order valence-electron chi connectivity index (χ1n) is 7.53. The molecule has 106 valence electrons. The number of hydrogen-bond donors (Lipinski definition) is 0. The Hall–Kier alpha value is -0.860. The Bertz CT molecular complexity index is 353. The molecule has 2 rings (SSSR count). The van der Waals surface area contributed by atoms with Crippen LogP contribution in [0, 0.1) is 0 Å². The second kappa shape index (κ2) is 7.06. The predicted molar refractivity (Wildman–Crippen MR) is 80.2 cm³/mol. The van der Waals surface area contributed by atoms with Crippen LogP contribution in [-0.4, -0.2) is 31.3 Å². The smallest absolute Gasteiger partial charge is 0.0993 e. The average molecular weight is 261 g/mol. The van der Waals surface area contributed by atoms with E-state index in [4.69, 9.17) is 4.74 Å². The molecule has 1 aromatic rings. The van der Waals surface area contributed by atoms with E-state index in [1.807, 2.05) is 0 Å². The van der Waals surface area contributed by atoms with E-state index < -0.39 is 0 Å². The number of hydrogen-bond acceptors (Lipinski definition) is 2. The summed E-state index contributed by atoms with van der Waals surface area (Å²) in [5.41, 5.74) is 1.46. The summed E-state index contributed by atoms with van der Waals surface area (Å²) in [5, 5.41) is 0. The average Bonchev–Trinajstić information content (AvgIpc) is 2.64. The Morgan fingerprint density at radius 2 is 1.63 bits per heavy atom. The molecule has 0 spiro atoms. The van der Waals surface area contributed by atoms with Crippen LogP contribution in [0.4, 0.5) is 0 Å². The van der Waals surface area contributed by atoms with Gasteiger partial charge in [-0.2, -0.15) is 0 Å². The minimum Gasteiger partial charge on any atom is -0.359 e. The van der Waals surface area contributed by atoms with Crippen molar-refractivity contribution in [3.05, 3.63) is 35.9 Å². The molecular weight excluding hydrogens is 234 g/mol. The van der Waals surface area contributed by atoms with Gasteiger partial charge in [0.05, 0.1) is 12.3 Å². The van der Waals surface area contributed by atoms with E-state index in [2.05, 4.69) is 49.3 Å². The van der Waals surface area contributed by atoms with Crippen molar-refractivity contribution in [2.24, 2.45) is 0 Å². The van der Waals surface area contributed by atoms with Crippen molar-refractivity contribution in [3.8, 4) is 0 Å². The van der Waals surface area contributed by atoms with Crippen molar-refractivity contribution in [2.75, 3.05) is 20.8 Å².